The standard InChI is InChI=1S/C13H11ClN4/c1-8-12-13(16-6-5-15-12)9(2)18(8)11-4-3-10(14)7-17-11/h3-7,9H,1H2,2H3. The van der Waals surface area contributed by atoms with Gasteiger partial charge in [-0.3, -0.25) is 9.97 Å². The minimum Gasteiger partial charge on any atom is -0.316 e. The Bertz CT molecular complexity index is 609. The lowest BCUT2D eigenvalue weighted by atomic mass is 10.2. The molecule has 0 fully saturated rings. The molecule has 1 aliphatic heterocycles. The number of hydrogen-bond acceptors (Lipinski definition) is 4. The molecule has 0 N–H and O–H groups in total. The zero-order chi connectivity index (χ0) is 12.7. The van der Waals surface area contributed by atoms with Crippen molar-refractivity contribution in [2.75, 3.05) is 4.90 Å². The fourth-order valence-corrected chi connectivity index (χ4v) is 2.31. The van der Waals surface area contributed by atoms with Gasteiger partial charge in [0.1, 0.15) is 11.5 Å². The lowest BCUT2D eigenvalue weighted by molar-refractivity contribution is 0.771. The summed E-state index contributed by atoms with van der Waals surface area (Å²) in [4.78, 5) is 15.0. The molecule has 0 saturated carbocycles. The van der Waals surface area contributed by atoms with Crippen molar-refractivity contribution in [2.24, 2.45) is 0 Å². The number of fused-ring (bicyclic) bond motifs is 1. The normalized spacial score (nSPS) is 18.0. The Morgan fingerprint density at radius 3 is 2.67 bits per heavy atom. The highest BCUT2D eigenvalue weighted by atomic mass is 35.5. The summed E-state index contributed by atoms with van der Waals surface area (Å²) in [6, 6.07) is 3.76. The molecule has 0 bridgehead atoms. The molecule has 2 aromatic heterocycles. The van der Waals surface area contributed by atoms with Crippen LogP contribution in [0, 0.1) is 0 Å². The number of nitrogens with zero attached hydrogens (tertiary/aromatic N) is 4. The summed E-state index contributed by atoms with van der Waals surface area (Å²) < 4.78 is 0. The van der Waals surface area contributed by atoms with Gasteiger partial charge in [0.05, 0.1) is 22.5 Å². The molecule has 5 heteroatoms. The van der Waals surface area contributed by atoms with Gasteiger partial charge in [-0.05, 0) is 19.1 Å². The minimum atomic E-state index is 0.0786. The van der Waals surface area contributed by atoms with Gasteiger partial charge in [0, 0.05) is 18.6 Å². The van der Waals surface area contributed by atoms with Crippen LogP contribution in [0.15, 0.2) is 37.3 Å². The van der Waals surface area contributed by atoms with Crippen LogP contribution in [0.1, 0.15) is 24.4 Å². The second-order valence-corrected chi connectivity index (χ2v) is 4.55. The molecule has 0 aliphatic carbocycles. The third kappa shape index (κ3) is 1.57. The summed E-state index contributed by atoms with van der Waals surface area (Å²) in [5.74, 6) is 0.803. The first-order chi connectivity index (χ1) is 8.68. The van der Waals surface area contributed by atoms with Crippen molar-refractivity contribution < 1.29 is 0 Å². The largest absolute Gasteiger partial charge is 0.316 e. The van der Waals surface area contributed by atoms with Crippen molar-refractivity contribution in [1.82, 2.24) is 15.0 Å². The number of anilines is 1. The Hall–Kier alpha value is -1.94. The van der Waals surface area contributed by atoms with Crippen LogP contribution in [-0.2, 0) is 0 Å². The third-order valence-corrected chi connectivity index (χ3v) is 3.26. The van der Waals surface area contributed by atoms with E-state index in [1.807, 2.05) is 17.0 Å². The van der Waals surface area contributed by atoms with Gasteiger partial charge in [-0.15, -0.1) is 0 Å². The minimum absolute atomic E-state index is 0.0786. The van der Waals surface area contributed by atoms with Crippen LogP contribution in [0.3, 0.4) is 0 Å². The first-order valence-electron chi connectivity index (χ1n) is 5.59. The first kappa shape index (κ1) is 11.2. The summed E-state index contributed by atoms with van der Waals surface area (Å²) in [6.45, 7) is 6.13. The molecule has 1 unspecified atom stereocenters. The second-order valence-electron chi connectivity index (χ2n) is 4.12. The molecule has 0 saturated heterocycles. The van der Waals surface area contributed by atoms with E-state index in [0.717, 1.165) is 22.9 Å². The van der Waals surface area contributed by atoms with Crippen LogP contribution in [0.5, 0.6) is 0 Å². The van der Waals surface area contributed by atoms with Crippen LogP contribution in [0.2, 0.25) is 5.02 Å². The maximum absolute atomic E-state index is 5.85. The Kier molecular flexibility index (Phi) is 2.52. The van der Waals surface area contributed by atoms with Crippen molar-refractivity contribution in [3.05, 3.63) is 53.7 Å². The van der Waals surface area contributed by atoms with Crippen molar-refractivity contribution in [3.63, 3.8) is 0 Å². The fraction of sp³-hybridized carbons (Fsp3) is 0.154. The summed E-state index contributed by atoms with van der Waals surface area (Å²) in [6.07, 6.45) is 5.00. The van der Waals surface area contributed by atoms with Gasteiger partial charge >= 0.3 is 0 Å². The zero-order valence-corrected chi connectivity index (χ0v) is 10.6. The van der Waals surface area contributed by atoms with Crippen molar-refractivity contribution in [3.8, 4) is 0 Å². The van der Waals surface area contributed by atoms with Crippen molar-refractivity contribution in [2.45, 2.75) is 13.0 Å². The highest BCUT2D eigenvalue weighted by Crippen LogP contribution is 2.40. The Labute approximate surface area is 110 Å². The van der Waals surface area contributed by atoms with Crippen molar-refractivity contribution >= 4 is 23.1 Å². The topological polar surface area (TPSA) is 41.9 Å². The maximum atomic E-state index is 5.85. The number of rotatable bonds is 1. The zero-order valence-electron chi connectivity index (χ0n) is 9.84. The van der Waals surface area contributed by atoms with E-state index in [1.165, 1.54) is 0 Å². The average Bonchev–Trinajstić information content (AvgIpc) is 2.64. The van der Waals surface area contributed by atoms with E-state index >= 15 is 0 Å². The number of halogens is 1. The molecule has 1 aliphatic rings. The molecule has 4 nitrogen and oxygen atoms in total. The molecule has 90 valence electrons. The average molecular weight is 259 g/mol. The predicted octanol–water partition coefficient (Wildman–Crippen LogP) is 3.08. The quantitative estimate of drug-likeness (QED) is 0.788. The molecular weight excluding hydrogens is 248 g/mol. The van der Waals surface area contributed by atoms with Crippen molar-refractivity contribution in [1.29, 1.82) is 0 Å². The highest BCUT2D eigenvalue weighted by molar-refractivity contribution is 6.30. The van der Waals surface area contributed by atoms with Gasteiger partial charge in [-0.25, -0.2) is 4.98 Å². The number of pyridine rings is 1. The lowest BCUT2D eigenvalue weighted by Gasteiger charge is -2.23. The molecule has 0 amide bonds. The Morgan fingerprint density at radius 2 is 2.00 bits per heavy atom. The molecule has 1 atom stereocenters. The van der Waals surface area contributed by atoms with E-state index in [9.17, 15) is 0 Å². The van der Waals surface area contributed by atoms with E-state index in [1.54, 1.807) is 18.6 Å². The van der Waals surface area contributed by atoms with Gasteiger partial charge in [0.2, 0.25) is 0 Å². The van der Waals surface area contributed by atoms with Crippen LogP contribution in [-0.4, -0.2) is 15.0 Å². The monoisotopic (exact) mass is 258 g/mol. The Balaban J connectivity index is 2.06. The van der Waals surface area contributed by atoms with Crippen LogP contribution < -0.4 is 4.90 Å². The SMILES string of the molecule is C=C1c2nccnc2C(C)N1c1ccc(Cl)cn1. The number of aromatic nitrogens is 3. The van der Waals surface area contributed by atoms with Crippen LogP contribution in [0.4, 0.5) is 5.82 Å². The van der Waals surface area contributed by atoms with Gasteiger partial charge in [-0.2, -0.15) is 0 Å². The number of hydrogen-bond donors (Lipinski definition) is 0. The molecule has 2 aromatic rings. The summed E-state index contributed by atoms with van der Waals surface area (Å²) >= 11 is 5.85. The van der Waals surface area contributed by atoms with E-state index in [-0.39, 0.29) is 6.04 Å². The maximum Gasteiger partial charge on any atom is 0.133 e. The lowest BCUT2D eigenvalue weighted by Crippen LogP contribution is -2.19. The fourth-order valence-electron chi connectivity index (χ4n) is 2.19. The van der Waals surface area contributed by atoms with Gasteiger partial charge < -0.3 is 4.90 Å². The van der Waals surface area contributed by atoms with E-state index < -0.39 is 0 Å². The first-order valence-corrected chi connectivity index (χ1v) is 5.97. The van der Waals surface area contributed by atoms with Crippen LogP contribution >= 0.6 is 11.6 Å². The highest BCUT2D eigenvalue weighted by Gasteiger charge is 2.33. The van der Waals surface area contributed by atoms with E-state index in [0.29, 0.717) is 5.02 Å². The summed E-state index contributed by atoms with van der Waals surface area (Å²) in [5.41, 5.74) is 2.58. The summed E-state index contributed by atoms with van der Waals surface area (Å²) in [7, 11) is 0. The third-order valence-electron chi connectivity index (χ3n) is 3.03. The Morgan fingerprint density at radius 1 is 1.22 bits per heavy atom. The molecule has 0 spiro atoms. The molecule has 18 heavy (non-hydrogen) atoms. The smallest absolute Gasteiger partial charge is 0.133 e. The van der Waals surface area contributed by atoms with Gasteiger partial charge in [0.25, 0.3) is 0 Å². The molecule has 3 heterocycles. The second kappa shape index (κ2) is 4.07. The van der Waals surface area contributed by atoms with E-state index in [2.05, 4.69) is 28.5 Å². The van der Waals surface area contributed by atoms with Gasteiger partial charge in [-0.1, -0.05) is 18.2 Å². The van der Waals surface area contributed by atoms with Crippen LogP contribution in [0.25, 0.3) is 5.70 Å². The molecule has 3 rings (SSSR count). The molecule has 0 aromatic carbocycles. The van der Waals surface area contributed by atoms with Gasteiger partial charge in [0.15, 0.2) is 0 Å². The molecular formula is C13H11ClN4. The summed E-state index contributed by atoms with van der Waals surface area (Å²) in [5, 5.41) is 0.616. The predicted molar refractivity (Wildman–Crippen MR) is 71.2 cm³/mol. The molecule has 0 radical (unpaired) electrons. The van der Waals surface area contributed by atoms with E-state index in [4.69, 9.17) is 11.6 Å².